The molecule has 0 saturated carbocycles. The number of carbonyl (C=O) groups excluding carboxylic acids is 1. The van der Waals surface area contributed by atoms with Gasteiger partial charge in [0.2, 0.25) is 5.88 Å². The second-order valence-electron chi connectivity index (χ2n) is 6.51. The van der Waals surface area contributed by atoms with Crippen molar-refractivity contribution in [3.63, 3.8) is 0 Å². The van der Waals surface area contributed by atoms with E-state index in [9.17, 15) is 9.18 Å². The molecule has 8 nitrogen and oxygen atoms in total. The van der Waals surface area contributed by atoms with E-state index in [1.807, 2.05) is 13.0 Å². The van der Waals surface area contributed by atoms with Crippen molar-refractivity contribution in [1.82, 2.24) is 25.1 Å². The van der Waals surface area contributed by atoms with Crippen molar-refractivity contribution in [1.29, 1.82) is 0 Å². The molecule has 0 bridgehead atoms. The standard InChI is InChI=1S/C22H20FN5O3/c1-2-30-18-6-4-3-5-17(18)22(29)24-13-14-31-20-12-11-19-25-26-21(28(19)27-20)15-7-9-16(23)10-8-15/h3-12H,2,13-14H2,1H3,(H,24,29). The number of halogens is 1. The monoisotopic (exact) mass is 421 g/mol. The van der Waals surface area contributed by atoms with Crippen LogP contribution in [0.15, 0.2) is 60.7 Å². The van der Waals surface area contributed by atoms with Crippen LogP contribution in [-0.2, 0) is 0 Å². The fraction of sp³-hybridized carbons (Fsp3) is 0.182. The lowest BCUT2D eigenvalue weighted by atomic mass is 10.2. The van der Waals surface area contributed by atoms with Crippen LogP contribution in [0.2, 0.25) is 0 Å². The topological polar surface area (TPSA) is 90.6 Å². The normalized spacial score (nSPS) is 10.8. The molecule has 0 unspecified atom stereocenters. The summed E-state index contributed by atoms with van der Waals surface area (Å²) in [5.74, 6) is 0.784. The molecular weight excluding hydrogens is 401 g/mol. The van der Waals surface area contributed by atoms with Crippen LogP contribution in [0.4, 0.5) is 4.39 Å². The van der Waals surface area contributed by atoms with Gasteiger partial charge >= 0.3 is 0 Å². The Morgan fingerprint density at radius 3 is 2.65 bits per heavy atom. The Labute approximate surface area is 177 Å². The largest absolute Gasteiger partial charge is 0.493 e. The zero-order chi connectivity index (χ0) is 21.6. The predicted octanol–water partition coefficient (Wildman–Crippen LogP) is 3.14. The average molecular weight is 421 g/mol. The highest BCUT2D eigenvalue weighted by Gasteiger charge is 2.12. The van der Waals surface area contributed by atoms with Gasteiger partial charge in [-0.05, 0) is 49.4 Å². The van der Waals surface area contributed by atoms with Crippen LogP contribution < -0.4 is 14.8 Å². The summed E-state index contributed by atoms with van der Waals surface area (Å²) >= 11 is 0. The Morgan fingerprint density at radius 1 is 1.03 bits per heavy atom. The molecule has 9 heteroatoms. The van der Waals surface area contributed by atoms with Crippen molar-refractivity contribution in [3.05, 3.63) is 72.0 Å². The summed E-state index contributed by atoms with van der Waals surface area (Å²) in [5.41, 5.74) is 1.68. The molecule has 2 aromatic carbocycles. The van der Waals surface area contributed by atoms with Crippen LogP contribution in [0, 0.1) is 5.82 Å². The van der Waals surface area contributed by atoms with Gasteiger partial charge in [-0.1, -0.05) is 12.1 Å². The molecule has 0 saturated heterocycles. The molecule has 0 aliphatic rings. The first kappa shape index (κ1) is 20.3. The Bertz CT molecular complexity index is 1190. The van der Waals surface area contributed by atoms with Crippen molar-refractivity contribution in [2.75, 3.05) is 19.8 Å². The van der Waals surface area contributed by atoms with Crippen LogP contribution in [0.3, 0.4) is 0 Å². The number of amides is 1. The summed E-state index contributed by atoms with van der Waals surface area (Å²) in [5, 5.41) is 15.4. The third kappa shape index (κ3) is 4.61. The minimum Gasteiger partial charge on any atom is -0.493 e. The number of para-hydroxylation sites is 1. The second-order valence-corrected chi connectivity index (χ2v) is 6.51. The van der Waals surface area contributed by atoms with E-state index in [-0.39, 0.29) is 24.9 Å². The summed E-state index contributed by atoms with van der Waals surface area (Å²) in [6, 6.07) is 16.4. The summed E-state index contributed by atoms with van der Waals surface area (Å²) in [6.07, 6.45) is 0. The number of aromatic nitrogens is 4. The maximum atomic E-state index is 13.2. The van der Waals surface area contributed by atoms with Gasteiger partial charge in [-0.25, -0.2) is 4.39 Å². The highest BCUT2D eigenvalue weighted by Crippen LogP contribution is 2.20. The number of nitrogens with zero attached hydrogens (tertiary/aromatic N) is 4. The van der Waals surface area contributed by atoms with Crippen molar-refractivity contribution in [2.45, 2.75) is 6.92 Å². The molecule has 4 aromatic rings. The molecule has 0 spiro atoms. The molecule has 0 fully saturated rings. The minimum atomic E-state index is -0.333. The fourth-order valence-corrected chi connectivity index (χ4v) is 2.98. The number of hydrogen-bond donors (Lipinski definition) is 1. The highest BCUT2D eigenvalue weighted by atomic mass is 19.1. The number of carbonyl (C=O) groups is 1. The lowest BCUT2D eigenvalue weighted by Crippen LogP contribution is -2.28. The SMILES string of the molecule is CCOc1ccccc1C(=O)NCCOc1ccc2nnc(-c3ccc(F)cc3)n2n1. The van der Waals surface area contributed by atoms with Gasteiger partial charge in [0, 0.05) is 11.6 Å². The lowest BCUT2D eigenvalue weighted by Gasteiger charge is -2.11. The van der Waals surface area contributed by atoms with E-state index in [2.05, 4.69) is 20.6 Å². The van der Waals surface area contributed by atoms with Crippen LogP contribution in [0.1, 0.15) is 17.3 Å². The molecule has 4 rings (SSSR count). The molecule has 31 heavy (non-hydrogen) atoms. The fourth-order valence-electron chi connectivity index (χ4n) is 2.98. The number of benzene rings is 2. The van der Waals surface area contributed by atoms with Crippen LogP contribution in [0.25, 0.3) is 17.0 Å². The number of fused-ring (bicyclic) bond motifs is 1. The molecule has 0 radical (unpaired) electrons. The van der Waals surface area contributed by atoms with Gasteiger partial charge in [-0.3, -0.25) is 4.79 Å². The van der Waals surface area contributed by atoms with Gasteiger partial charge < -0.3 is 14.8 Å². The van der Waals surface area contributed by atoms with E-state index in [0.29, 0.717) is 40.8 Å². The quantitative estimate of drug-likeness (QED) is 0.440. The van der Waals surface area contributed by atoms with Gasteiger partial charge in [-0.2, -0.15) is 4.52 Å². The van der Waals surface area contributed by atoms with Crippen molar-refractivity contribution < 1.29 is 18.7 Å². The predicted molar refractivity (Wildman–Crippen MR) is 112 cm³/mol. The van der Waals surface area contributed by atoms with Gasteiger partial charge in [0.25, 0.3) is 5.91 Å². The third-order valence-corrected chi connectivity index (χ3v) is 4.41. The van der Waals surface area contributed by atoms with E-state index >= 15 is 0 Å². The van der Waals surface area contributed by atoms with E-state index < -0.39 is 0 Å². The maximum Gasteiger partial charge on any atom is 0.255 e. The van der Waals surface area contributed by atoms with Crippen molar-refractivity contribution in [3.8, 4) is 23.0 Å². The molecule has 1 amide bonds. The first-order chi connectivity index (χ1) is 15.2. The summed E-state index contributed by atoms with van der Waals surface area (Å²) in [7, 11) is 0. The van der Waals surface area contributed by atoms with E-state index in [1.165, 1.54) is 16.6 Å². The Kier molecular flexibility index (Phi) is 6.02. The molecule has 0 aliphatic carbocycles. The highest BCUT2D eigenvalue weighted by molar-refractivity contribution is 5.96. The van der Waals surface area contributed by atoms with Gasteiger partial charge in [0.1, 0.15) is 18.2 Å². The van der Waals surface area contributed by atoms with Gasteiger partial charge in [0.15, 0.2) is 11.5 Å². The van der Waals surface area contributed by atoms with E-state index in [4.69, 9.17) is 9.47 Å². The molecular formula is C22H20FN5O3. The van der Waals surface area contributed by atoms with E-state index in [1.54, 1.807) is 42.5 Å². The molecule has 158 valence electrons. The molecule has 0 aliphatic heterocycles. The maximum absolute atomic E-state index is 13.2. The smallest absolute Gasteiger partial charge is 0.255 e. The van der Waals surface area contributed by atoms with Crippen LogP contribution in [-0.4, -0.2) is 45.5 Å². The second kappa shape index (κ2) is 9.21. The van der Waals surface area contributed by atoms with Gasteiger partial charge in [-0.15, -0.1) is 15.3 Å². The Morgan fingerprint density at radius 2 is 1.84 bits per heavy atom. The minimum absolute atomic E-state index is 0.217. The van der Waals surface area contributed by atoms with Crippen LogP contribution in [0.5, 0.6) is 11.6 Å². The number of rotatable bonds is 8. The van der Waals surface area contributed by atoms with E-state index in [0.717, 1.165) is 0 Å². The van der Waals surface area contributed by atoms with Crippen molar-refractivity contribution in [2.24, 2.45) is 0 Å². The third-order valence-electron chi connectivity index (χ3n) is 4.41. The first-order valence-corrected chi connectivity index (χ1v) is 9.77. The van der Waals surface area contributed by atoms with Gasteiger partial charge in [0.05, 0.1) is 18.7 Å². The number of ether oxygens (including phenoxy) is 2. The lowest BCUT2D eigenvalue weighted by molar-refractivity contribution is 0.0942. The zero-order valence-electron chi connectivity index (χ0n) is 16.8. The van der Waals surface area contributed by atoms with Crippen molar-refractivity contribution >= 4 is 11.6 Å². The Hall–Kier alpha value is -4.01. The number of hydrogen-bond acceptors (Lipinski definition) is 6. The first-order valence-electron chi connectivity index (χ1n) is 9.77. The molecule has 2 heterocycles. The summed E-state index contributed by atoms with van der Waals surface area (Å²) < 4.78 is 25.9. The Balaban J connectivity index is 1.39. The molecule has 2 aromatic heterocycles. The average Bonchev–Trinajstić information content (AvgIpc) is 3.21. The number of nitrogens with one attached hydrogen (secondary N) is 1. The summed E-state index contributed by atoms with van der Waals surface area (Å²) in [4.78, 5) is 12.4. The molecule has 1 N–H and O–H groups in total. The molecule has 0 atom stereocenters. The zero-order valence-corrected chi connectivity index (χ0v) is 16.8. The van der Waals surface area contributed by atoms with Crippen LogP contribution >= 0.6 is 0 Å². The summed E-state index contributed by atoms with van der Waals surface area (Å²) in [6.45, 7) is 2.84.